The molecule has 0 saturated carbocycles. The van der Waals surface area contributed by atoms with Crippen LogP contribution in [0.4, 0.5) is 21.5 Å². The summed E-state index contributed by atoms with van der Waals surface area (Å²) in [4.78, 5) is 34.3. The smallest absolute Gasteiger partial charge is 0.299 e. The first-order valence-electron chi connectivity index (χ1n) is 8.00. The molecule has 0 bridgehead atoms. The number of nitrogens with one attached hydrogen (secondary N) is 1. The van der Waals surface area contributed by atoms with Gasteiger partial charge in [-0.15, -0.1) is 0 Å². The van der Waals surface area contributed by atoms with E-state index in [-0.39, 0.29) is 31.1 Å². The highest BCUT2D eigenvalue weighted by Gasteiger charge is 2.24. The highest BCUT2D eigenvalue weighted by atomic mass is 19.1. The minimum Gasteiger partial charge on any atom is -0.357 e. The van der Waals surface area contributed by atoms with Crippen LogP contribution in [0.1, 0.15) is 12.5 Å². The maximum atomic E-state index is 12.9. The number of anilines is 1. The number of benzene rings is 2. The molecule has 0 aliphatic heterocycles. The number of nitrogens with zero attached hydrogens (tertiary/aromatic N) is 3. The third-order valence-corrected chi connectivity index (χ3v) is 3.83. The van der Waals surface area contributed by atoms with Gasteiger partial charge < -0.3 is 10.2 Å². The summed E-state index contributed by atoms with van der Waals surface area (Å²) in [6.07, 6.45) is 0. The number of carbonyl (C=O) groups excluding carboxylic acids is 1. The molecule has 1 N–H and O–H groups in total. The molecule has 0 aliphatic rings. The molecule has 0 spiro atoms. The van der Waals surface area contributed by atoms with E-state index in [2.05, 4.69) is 5.32 Å². The number of hydrogen-bond acceptors (Lipinski definition) is 6. The third kappa shape index (κ3) is 5.21. The average molecular weight is 376 g/mol. The van der Waals surface area contributed by atoms with E-state index in [1.54, 1.807) is 6.92 Å². The number of halogens is 1. The molecule has 2 aromatic carbocycles. The zero-order valence-electron chi connectivity index (χ0n) is 14.4. The molecule has 0 atom stereocenters. The summed E-state index contributed by atoms with van der Waals surface area (Å²) in [5.74, 6) is -0.776. The molecule has 0 saturated heterocycles. The van der Waals surface area contributed by atoms with Crippen molar-refractivity contribution in [1.29, 1.82) is 0 Å². The first-order valence-corrected chi connectivity index (χ1v) is 8.00. The van der Waals surface area contributed by atoms with Crippen LogP contribution in [-0.4, -0.2) is 28.8 Å². The fourth-order valence-electron chi connectivity index (χ4n) is 2.44. The molecule has 0 unspecified atom stereocenters. The number of non-ortho nitro benzene ring substituents is 1. The van der Waals surface area contributed by atoms with Gasteiger partial charge in [-0.1, -0.05) is 12.1 Å². The van der Waals surface area contributed by atoms with Gasteiger partial charge in [0, 0.05) is 19.2 Å². The van der Waals surface area contributed by atoms with E-state index in [1.807, 2.05) is 0 Å². The van der Waals surface area contributed by atoms with Crippen LogP contribution >= 0.6 is 0 Å². The number of nitro groups is 2. The van der Waals surface area contributed by atoms with Gasteiger partial charge >= 0.3 is 0 Å². The largest absolute Gasteiger partial charge is 0.357 e. The summed E-state index contributed by atoms with van der Waals surface area (Å²) in [7, 11) is 0. The highest BCUT2D eigenvalue weighted by Crippen LogP contribution is 2.31. The van der Waals surface area contributed by atoms with Crippen LogP contribution in [0, 0.1) is 26.0 Å². The van der Waals surface area contributed by atoms with Gasteiger partial charge in [0.25, 0.3) is 11.4 Å². The summed E-state index contributed by atoms with van der Waals surface area (Å²) in [6, 6.07) is 8.91. The molecule has 10 heteroatoms. The van der Waals surface area contributed by atoms with Crippen LogP contribution in [0.15, 0.2) is 42.5 Å². The van der Waals surface area contributed by atoms with Gasteiger partial charge in [0.2, 0.25) is 5.91 Å². The van der Waals surface area contributed by atoms with Crippen molar-refractivity contribution in [3.8, 4) is 0 Å². The topological polar surface area (TPSA) is 119 Å². The third-order valence-electron chi connectivity index (χ3n) is 3.83. The fourth-order valence-corrected chi connectivity index (χ4v) is 2.44. The quantitative estimate of drug-likeness (QED) is 0.559. The van der Waals surface area contributed by atoms with Crippen molar-refractivity contribution in [3.63, 3.8) is 0 Å². The van der Waals surface area contributed by atoms with Crippen LogP contribution in [0.25, 0.3) is 0 Å². The normalized spacial score (nSPS) is 10.3. The van der Waals surface area contributed by atoms with Crippen molar-refractivity contribution in [2.75, 3.05) is 18.0 Å². The van der Waals surface area contributed by atoms with Crippen LogP contribution in [0.5, 0.6) is 0 Å². The van der Waals surface area contributed by atoms with Crippen LogP contribution in [0.3, 0.4) is 0 Å². The fraction of sp³-hybridized carbons (Fsp3) is 0.235. The zero-order chi connectivity index (χ0) is 20.0. The molecule has 1 amide bonds. The maximum Gasteiger partial charge on any atom is 0.299 e. The lowest BCUT2D eigenvalue weighted by Crippen LogP contribution is -2.37. The summed E-state index contributed by atoms with van der Waals surface area (Å²) in [6.45, 7) is 2.00. The Hall–Kier alpha value is -3.56. The van der Waals surface area contributed by atoms with Crippen LogP contribution in [0.2, 0.25) is 0 Å². The minimum absolute atomic E-state index is 0.116. The molecule has 2 rings (SSSR count). The van der Waals surface area contributed by atoms with Crippen molar-refractivity contribution in [3.05, 3.63) is 74.1 Å². The molecule has 0 heterocycles. The second-order valence-electron chi connectivity index (χ2n) is 5.60. The van der Waals surface area contributed by atoms with Crippen molar-refractivity contribution in [2.24, 2.45) is 0 Å². The van der Waals surface area contributed by atoms with Crippen molar-refractivity contribution in [2.45, 2.75) is 13.5 Å². The Morgan fingerprint density at radius 2 is 1.78 bits per heavy atom. The number of nitro benzene ring substituents is 2. The molecular weight excluding hydrogens is 359 g/mol. The molecule has 0 aromatic heterocycles. The second kappa shape index (κ2) is 8.70. The maximum absolute atomic E-state index is 12.9. The summed E-state index contributed by atoms with van der Waals surface area (Å²) < 4.78 is 12.9. The summed E-state index contributed by atoms with van der Waals surface area (Å²) in [5, 5.41) is 24.7. The molecular formula is C17H17FN4O5. The number of amides is 1. The first-order chi connectivity index (χ1) is 12.8. The standard InChI is InChI=1S/C17H17FN4O5/c1-2-20(11-17(23)19-10-12-3-5-13(18)6-4-12)15-8-7-14(21(24)25)9-16(15)22(26)27/h3-9H,2,10-11H2,1H3,(H,19,23). The average Bonchev–Trinajstić information content (AvgIpc) is 2.65. The Morgan fingerprint density at radius 3 is 2.33 bits per heavy atom. The van der Waals surface area contributed by atoms with E-state index in [9.17, 15) is 29.4 Å². The zero-order valence-corrected chi connectivity index (χ0v) is 14.4. The van der Waals surface area contributed by atoms with E-state index >= 15 is 0 Å². The number of likely N-dealkylation sites (N-methyl/N-ethyl adjacent to an activating group) is 1. The van der Waals surface area contributed by atoms with Gasteiger partial charge in [-0.05, 0) is 30.7 Å². The van der Waals surface area contributed by atoms with Gasteiger partial charge in [0.15, 0.2) is 0 Å². The lowest BCUT2D eigenvalue weighted by Gasteiger charge is -2.22. The van der Waals surface area contributed by atoms with Crippen LogP contribution in [-0.2, 0) is 11.3 Å². The summed E-state index contributed by atoms with van der Waals surface area (Å²) >= 11 is 0. The van der Waals surface area contributed by atoms with Gasteiger partial charge in [0.05, 0.1) is 22.5 Å². The Kier molecular flexibility index (Phi) is 6.36. The Balaban J connectivity index is 2.11. The molecule has 0 aliphatic carbocycles. The Morgan fingerprint density at radius 1 is 1.11 bits per heavy atom. The lowest BCUT2D eigenvalue weighted by molar-refractivity contribution is -0.393. The molecule has 0 fully saturated rings. The Labute approximate surface area is 153 Å². The monoisotopic (exact) mass is 376 g/mol. The van der Waals surface area contributed by atoms with Crippen molar-refractivity contribution in [1.82, 2.24) is 5.32 Å². The first kappa shape index (κ1) is 19.8. The molecule has 0 radical (unpaired) electrons. The predicted molar refractivity (Wildman–Crippen MR) is 95.9 cm³/mol. The van der Waals surface area contributed by atoms with Crippen LogP contribution < -0.4 is 10.2 Å². The second-order valence-corrected chi connectivity index (χ2v) is 5.60. The lowest BCUT2D eigenvalue weighted by atomic mass is 10.2. The summed E-state index contributed by atoms with van der Waals surface area (Å²) in [5.41, 5.74) is -0.0289. The highest BCUT2D eigenvalue weighted by molar-refractivity contribution is 5.82. The van der Waals surface area contributed by atoms with Gasteiger partial charge in [0.1, 0.15) is 11.5 Å². The van der Waals surface area contributed by atoms with Gasteiger partial charge in [-0.2, -0.15) is 0 Å². The van der Waals surface area contributed by atoms with Gasteiger partial charge in [-0.25, -0.2) is 4.39 Å². The number of carbonyl (C=O) groups is 1. The number of rotatable bonds is 8. The van der Waals surface area contributed by atoms with E-state index in [4.69, 9.17) is 0 Å². The van der Waals surface area contributed by atoms with E-state index in [0.717, 1.165) is 12.1 Å². The van der Waals surface area contributed by atoms with E-state index in [0.29, 0.717) is 5.56 Å². The Bertz CT molecular complexity index is 857. The SMILES string of the molecule is CCN(CC(=O)NCc1ccc(F)cc1)c1ccc([N+](=O)[O-])cc1[N+](=O)[O-]. The van der Waals surface area contributed by atoms with Crippen molar-refractivity contribution < 1.29 is 19.0 Å². The predicted octanol–water partition coefficient (Wildman–Crippen LogP) is 2.78. The molecule has 142 valence electrons. The van der Waals surface area contributed by atoms with Gasteiger partial charge in [-0.3, -0.25) is 25.0 Å². The number of hydrogen-bond donors (Lipinski definition) is 1. The van der Waals surface area contributed by atoms with Crippen molar-refractivity contribution >= 4 is 23.0 Å². The minimum atomic E-state index is -0.721. The molecule has 2 aromatic rings. The molecule has 9 nitrogen and oxygen atoms in total. The van der Waals surface area contributed by atoms with E-state index < -0.39 is 27.1 Å². The van der Waals surface area contributed by atoms with E-state index in [1.165, 1.54) is 35.2 Å². The molecule has 27 heavy (non-hydrogen) atoms.